The van der Waals surface area contributed by atoms with Crippen molar-refractivity contribution in [1.29, 1.82) is 0 Å². The molecule has 0 atom stereocenters. The van der Waals surface area contributed by atoms with Gasteiger partial charge in [-0.2, -0.15) is 5.10 Å². The van der Waals surface area contributed by atoms with Gasteiger partial charge in [0.15, 0.2) is 0 Å². The minimum absolute atomic E-state index is 1.00. The molecular formula is C5H11N3Si. The summed E-state index contributed by atoms with van der Waals surface area (Å²) in [7, 11) is -1.23. The smallest absolute Gasteiger partial charge is 0.128 e. The Morgan fingerprint density at radius 2 is 2.11 bits per heavy atom. The first kappa shape index (κ1) is 6.48. The van der Waals surface area contributed by atoms with E-state index < -0.39 is 8.07 Å². The molecule has 0 aliphatic carbocycles. The minimum atomic E-state index is -1.23. The lowest BCUT2D eigenvalue weighted by Crippen LogP contribution is -2.40. The molecule has 50 valence electrons. The molecule has 3 nitrogen and oxygen atoms in total. The molecular weight excluding hydrogens is 130 g/mol. The van der Waals surface area contributed by atoms with Crippen molar-refractivity contribution in [2.75, 3.05) is 0 Å². The molecule has 1 N–H and O–H groups in total. The average molecular weight is 141 g/mol. The van der Waals surface area contributed by atoms with E-state index in [1.54, 1.807) is 6.33 Å². The number of H-pyrrole nitrogens is 1. The van der Waals surface area contributed by atoms with Gasteiger partial charge in [0, 0.05) is 0 Å². The predicted molar refractivity (Wildman–Crippen MR) is 39.4 cm³/mol. The molecule has 1 aromatic heterocycles. The molecule has 0 bridgehead atoms. The molecule has 0 unspecified atom stereocenters. The molecule has 0 aliphatic rings. The van der Waals surface area contributed by atoms with E-state index in [1.807, 2.05) is 0 Å². The standard InChI is InChI=1S/C5H11N3Si/c1-9(2,3)5-6-4-7-8-5/h4H,1-3H3,(H,6,7,8). The van der Waals surface area contributed by atoms with Gasteiger partial charge in [-0.25, -0.2) is 4.98 Å². The van der Waals surface area contributed by atoms with Gasteiger partial charge in [0.25, 0.3) is 0 Å². The minimum Gasteiger partial charge on any atom is -0.266 e. The maximum Gasteiger partial charge on any atom is 0.128 e. The zero-order chi connectivity index (χ0) is 6.91. The van der Waals surface area contributed by atoms with Crippen LogP contribution in [0.3, 0.4) is 0 Å². The second-order valence-electron chi connectivity index (χ2n) is 3.07. The van der Waals surface area contributed by atoms with Crippen molar-refractivity contribution < 1.29 is 0 Å². The van der Waals surface area contributed by atoms with Crippen LogP contribution in [-0.2, 0) is 0 Å². The van der Waals surface area contributed by atoms with Crippen molar-refractivity contribution in [1.82, 2.24) is 15.2 Å². The summed E-state index contributed by atoms with van der Waals surface area (Å²) in [5.74, 6) is 0. The lowest BCUT2D eigenvalue weighted by molar-refractivity contribution is 1.11. The van der Waals surface area contributed by atoms with Gasteiger partial charge < -0.3 is 0 Å². The zero-order valence-electron chi connectivity index (χ0n) is 5.97. The quantitative estimate of drug-likeness (QED) is 0.573. The lowest BCUT2D eigenvalue weighted by atomic mass is 11.3. The van der Waals surface area contributed by atoms with Crippen LogP contribution in [0.1, 0.15) is 0 Å². The first-order valence-corrected chi connectivity index (χ1v) is 6.47. The number of aromatic amines is 1. The van der Waals surface area contributed by atoms with Crippen LogP contribution in [-0.4, -0.2) is 23.3 Å². The largest absolute Gasteiger partial charge is 0.266 e. The third-order valence-electron chi connectivity index (χ3n) is 1.09. The summed E-state index contributed by atoms with van der Waals surface area (Å²) in [5, 5.41) is 6.72. The van der Waals surface area contributed by atoms with E-state index in [-0.39, 0.29) is 0 Å². The normalized spacial score (nSPS) is 11.9. The Hall–Kier alpha value is -0.643. The number of hydrogen-bond acceptors (Lipinski definition) is 2. The lowest BCUT2D eigenvalue weighted by Gasteiger charge is -2.08. The van der Waals surface area contributed by atoms with Crippen LogP contribution in [0.25, 0.3) is 0 Å². The first-order valence-electron chi connectivity index (χ1n) is 2.97. The fraction of sp³-hybridized carbons (Fsp3) is 0.600. The molecule has 1 aromatic rings. The molecule has 0 aromatic carbocycles. The SMILES string of the molecule is C[Si](C)(C)c1nc[nH]n1. The number of aromatic nitrogens is 3. The van der Waals surface area contributed by atoms with Crippen LogP contribution in [0.15, 0.2) is 6.33 Å². The van der Waals surface area contributed by atoms with E-state index in [2.05, 4.69) is 34.8 Å². The highest BCUT2D eigenvalue weighted by atomic mass is 28.3. The highest BCUT2D eigenvalue weighted by Gasteiger charge is 2.19. The summed E-state index contributed by atoms with van der Waals surface area (Å²) < 4.78 is 0. The van der Waals surface area contributed by atoms with E-state index in [4.69, 9.17) is 0 Å². The van der Waals surface area contributed by atoms with Crippen LogP contribution in [0.5, 0.6) is 0 Å². The van der Waals surface area contributed by atoms with Gasteiger partial charge in [-0.05, 0) is 0 Å². The van der Waals surface area contributed by atoms with Gasteiger partial charge in [0.1, 0.15) is 19.8 Å². The number of nitrogens with zero attached hydrogens (tertiary/aromatic N) is 2. The van der Waals surface area contributed by atoms with Crippen molar-refractivity contribution in [3.05, 3.63) is 6.33 Å². The second-order valence-corrected chi connectivity index (χ2v) is 8.02. The molecule has 0 saturated heterocycles. The summed E-state index contributed by atoms with van der Waals surface area (Å²) in [6, 6.07) is 0. The summed E-state index contributed by atoms with van der Waals surface area (Å²) in [5.41, 5.74) is 1.00. The highest BCUT2D eigenvalue weighted by molar-refractivity contribution is 6.87. The zero-order valence-corrected chi connectivity index (χ0v) is 6.97. The molecule has 0 fully saturated rings. The maximum absolute atomic E-state index is 4.08. The Morgan fingerprint density at radius 1 is 1.44 bits per heavy atom. The monoisotopic (exact) mass is 141 g/mol. The molecule has 0 amide bonds. The van der Waals surface area contributed by atoms with Crippen molar-refractivity contribution in [3.8, 4) is 0 Å². The fourth-order valence-corrected chi connectivity index (χ4v) is 1.42. The maximum atomic E-state index is 4.08. The van der Waals surface area contributed by atoms with Gasteiger partial charge >= 0.3 is 0 Å². The molecule has 1 rings (SSSR count). The number of rotatable bonds is 1. The van der Waals surface area contributed by atoms with Crippen molar-refractivity contribution in [2.24, 2.45) is 0 Å². The fourth-order valence-electron chi connectivity index (χ4n) is 0.570. The topological polar surface area (TPSA) is 41.6 Å². The second kappa shape index (κ2) is 1.95. The number of hydrogen-bond donors (Lipinski definition) is 1. The van der Waals surface area contributed by atoms with E-state index in [0.29, 0.717) is 0 Å². The van der Waals surface area contributed by atoms with Crippen LogP contribution in [0, 0.1) is 0 Å². The van der Waals surface area contributed by atoms with E-state index in [9.17, 15) is 0 Å². The summed E-state index contributed by atoms with van der Waals surface area (Å²) >= 11 is 0. The van der Waals surface area contributed by atoms with Gasteiger partial charge in [0.05, 0.1) is 0 Å². The predicted octanol–water partition coefficient (Wildman–Crippen LogP) is 0.350. The molecule has 0 aliphatic heterocycles. The van der Waals surface area contributed by atoms with E-state index in [1.165, 1.54) is 0 Å². The van der Waals surface area contributed by atoms with Gasteiger partial charge in [-0.15, -0.1) is 0 Å². The molecule has 0 spiro atoms. The van der Waals surface area contributed by atoms with Crippen LogP contribution in [0.2, 0.25) is 19.6 Å². The van der Waals surface area contributed by atoms with Crippen LogP contribution < -0.4 is 5.45 Å². The molecule has 4 heteroatoms. The Labute approximate surface area is 55.5 Å². The first-order chi connectivity index (χ1) is 4.11. The van der Waals surface area contributed by atoms with Crippen LogP contribution in [0.4, 0.5) is 0 Å². The van der Waals surface area contributed by atoms with Gasteiger partial charge in [-0.3, -0.25) is 5.10 Å². The average Bonchev–Trinajstić information content (AvgIpc) is 2.08. The molecule has 0 saturated carbocycles. The molecule has 1 heterocycles. The summed E-state index contributed by atoms with van der Waals surface area (Å²) in [6.07, 6.45) is 1.63. The Bertz CT molecular complexity index is 175. The number of nitrogens with one attached hydrogen (secondary N) is 1. The van der Waals surface area contributed by atoms with Gasteiger partial charge in [0.2, 0.25) is 0 Å². The molecule has 9 heavy (non-hydrogen) atoms. The summed E-state index contributed by atoms with van der Waals surface area (Å²) in [6.45, 7) is 6.66. The van der Waals surface area contributed by atoms with Crippen molar-refractivity contribution in [2.45, 2.75) is 19.6 Å². The van der Waals surface area contributed by atoms with E-state index in [0.717, 1.165) is 5.45 Å². The van der Waals surface area contributed by atoms with Gasteiger partial charge in [-0.1, -0.05) is 19.6 Å². The Kier molecular flexibility index (Phi) is 1.40. The molecule has 0 radical (unpaired) electrons. The third-order valence-corrected chi connectivity index (χ3v) is 2.67. The third kappa shape index (κ3) is 1.38. The van der Waals surface area contributed by atoms with Crippen molar-refractivity contribution >= 4 is 13.5 Å². The Balaban J connectivity index is 2.90. The highest BCUT2D eigenvalue weighted by Crippen LogP contribution is 1.95. The Morgan fingerprint density at radius 3 is 2.33 bits per heavy atom. The van der Waals surface area contributed by atoms with Crippen LogP contribution >= 0.6 is 0 Å². The summed E-state index contributed by atoms with van der Waals surface area (Å²) in [4.78, 5) is 4.08. The van der Waals surface area contributed by atoms with E-state index >= 15 is 0 Å². The van der Waals surface area contributed by atoms with Crippen molar-refractivity contribution in [3.63, 3.8) is 0 Å².